The van der Waals surface area contributed by atoms with Gasteiger partial charge in [0.05, 0.1) is 13.7 Å². The summed E-state index contributed by atoms with van der Waals surface area (Å²) in [7, 11) is 1.61. The Balaban J connectivity index is 1.50. The van der Waals surface area contributed by atoms with Gasteiger partial charge in [-0.3, -0.25) is 9.59 Å². The fourth-order valence-electron chi connectivity index (χ4n) is 3.33. The molecule has 1 fully saturated rings. The monoisotopic (exact) mass is 408 g/mol. The summed E-state index contributed by atoms with van der Waals surface area (Å²) < 4.78 is 5.15. The highest BCUT2D eigenvalue weighted by atomic mass is 16.5. The highest BCUT2D eigenvalue weighted by Crippen LogP contribution is 2.20. The molecule has 0 aromatic heterocycles. The number of piperazine rings is 1. The number of carbonyl (C=O) groups excluding carboxylic acids is 2. The Morgan fingerprint density at radius 3 is 2.30 bits per heavy atom. The molecule has 0 spiro atoms. The molecule has 0 radical (unpaired) electrons. The maximum absolute atomic E-state index is 12.7. The van der Waals surface area contributed by atoms with Crippen LogP contribution < -0.4 is 20.3 Å². The number of hydrogen-bond donors (Lipinski definition) is 2. The van der Waals surface area contributed by atoms with E-state index in [1.165, 1.54) is 0 Å². The Morgan fingerprint density at radius 2 is 1.70 bits per heavy atom. The number of hydrogen-bond acceptors (Lipinski definition) is 5. The summed E-state index contributed by atoms with van der Waals surface area (Å²) in [6.07, 6.45) is 1.71. The third-order valence-electron chi connectivity index (χ3n) is 4.99. The van der Waals surface area contributed by atoms with Gasteiger partial charge in [0, 0.05) is 49.7 Å². The van der Waals surface area contributed by atoms with Crippen molar-refractivity contribution < 1.29 is 14.3 Å². The van der Waals surface area contributed by atoms with E-state index in [1.54, 1.807) is 37.5 Å². The SMILES string of the molecule is C=CCNCC(=O)Nc1ccc(N2CCN(C(=O)c3ccc(OC)cc3)CC2)cc1. The van der Waals surface area contributed by atoms with E-state index in [0.29, 0.717) is 25.2 Å². The molecule has 158 valence electrons. The van der Waals surface area contributed by atoms with Crippen LogP contribution in [0.2, 0.25) is 0 Å². The lowest BCUT2D eigenvalue weighted by atomic mass is 10.1. The number of carbonyl (C=O) groups is 2. The van der Waals surface area contributed by atoms with Crippen molar-refractivity contribution in [3.63, 3.8) is 0 Å². The van der Waals surface area contributed by atoms with E-state index in [-0.39, 0.29) is 18.4 Å². The van der Waals surface area contributed by atoms with E-state index >= 15 is 0 Å². The molecular formula is C23H28N4O3. The van der Waals surface area contributed by atoms with Gasteiger partial charge in [0.15, 0.2) is 0 Å². The van der Waals surface area contributed by atoms with E-state index < -0.39 is 0 Å². The summed E-state index contributed by atoms with van der Waals surface area (Å²) in [5.41, 5.74) is 2.51. The number of rotatable bonds is 8. The van der Waals surface area contributed by atoms with Crippen LogP contribution in [0, 0.1) is 0 Å². The van der Waals surface area contributed by atoms with Crippen LogP contribution >= 0.6 is 0 Å². The first-order valence-corrected chi connectivity index (χ1v) is 10.0. The summed E-state index contributed by atoms with van der Waals surface area (Å²) in [6, 6.07) is 15.0. The maximum atomic E-state index is 12.7. The first-order chi connectivity index (χ1) is 14.6. The molecule has 0 unspecified atom stereocenters. The summed E-state index contributed by atoms with van der Waals surface area (Å²) in [6.45, 7) is 7.31. The predicted molar refractivity (Wildman–Crippen MR) is 119 cm³/mol. The largest absolute Gasteiger partial charge is 0.497 e. The Kier molecular flexibility index (Phi) is 7.45. The number of nitrogens with zero attached hydrogens (tertiary/aromatic N) is 2. The number of ether oxygens (including phenoxy) is 1. The molecular weight excluding hydrogens is 380 g/mol. The van der Waals surface area contributed by atoms with E-state index in [2.05, 4.69) is 22.1 Å². The minimum absolute atomic E-state index is 0.0421. The van der Waals surface area contributed by atoms with Gasteiger partial charge < -0.3 is 25.2 Å². The molecule has 2 aromatic rings. The van der Waals surface area contributed by atoms with Crippen molar-refractivity contribution in [2.75, 3.05) is 56.6 Å². The first kappa shape index (κ1) is 21.4. The quantitative estimate of drug-likeness (QED) is 0.518. The average molecular weight is 409 g/mol. The third-order valence-corrected chi connectivity index (χ3v) is 4.99. The lowest BCUT2D eigenvalue weighted by molar-refractivity contribution is -0.115. The molecule has 1 saturated heterocycles. The minimum Gasteiger partial charge on any atom is -0.497 e. The first-order valence-electron chi connectivity index (χ1n) is 10.0. The normalized spacial score (nSPS) is 13.6. The third kappa shape index (κ3) is 5.61. The fourth-order valence-corrected chi connectivity index (χ4v) is 3.33. The molecule has 2 aromatic carbocycles. The van der Waals surface area contributed by atoms with E-state index in [9.17, 15) is 9.59 Å². The van der Waals surface area contributed by atoms with E-state index in [1.807, 2.05) is 29.2 Å². The van der Waals surface area contributed by atoms with E-state index in [4.69, 9.17) is 4.74 Å². The Bertz CT molecular complexity index is 857. The lowest BCUT2D eigenvalue weighted by Gasteiger charge is -2.36. The molecule has 3 rings (SSSR count). The molecule has 7 nitrogen and oxygen atoms in total. The molecule has 0 bridgehead atoms. The van der Waals surface area contributed by atoms with Crippen LogP contribution in [-0.2, 0) is 4.79 Å². The Labute approximate surface area is 177 Å². The van der Waals surface area contributed by atoms with Crippen molar-refractivity contribution in [1.29, 1.82) is 0 Å². The molecule has 0 atom stereocenters. The van der Waals surface area contributed by atoms with Crippen LogP contribution in [0.4, 0.5) is 11.4 Å². The molecule has 0 saturated carbocycles. The lowest BCUT2D eigenvalue weighted by Crippen LogP contribution is -2.48. The fraction of sp³-hybridized carbons (Fsp3) is 0.304. The second-order valence-corrected chi connectivity index (χ2v) is 7.02. The average Bonchev–Trinajstić information content (AvgIpc) is 2.79. The number of nitrogens with one attached hydrogen (secondary N) is 2. The van der Waals surface area contributed by atoms with Gasteiger partial charge in [-0.2, -0.15) is 0 Å². The zero-order chi connectivity index (χ0) is 21.3. The van der Waals surface area contributed by atoms with Gasteiger partial charge in [0.1, 0.15) is 5.75 Å². The number of methoxy groups -OCH3 is 1. The van der Waals surface area contributed by atoms with Crippen LogP contribution in [0.1, 0.15) is 10.4 Å². The summed E-state index contributed by atoms with van der Waals surface area (Å²) in [5, 5.41) is 5.84. The van der Waals surface area contributed by atoms with Crippen LogP contribution in [0.3, 0.4) is 0 Å². The molecule has 2 N–H and O–H groups in total. The molecule has 7 heteroatoms. The van der Waals surface area contributed by atoms with Crippen LogP contribution in [0.25, 0.3) is 0 Å². The molecule has 2 amide bonds. The van der Waals surface area contributed by atoms with Crippen LogP contribution in [0.5, 0.6) is 5.75 Å². The van der Waals surface area contributed by atoms with Crippen molar-refractivity contribution >= 4 is 23.2 Å². The maximum Gasteiger partial charge on any atom is 0.253 e. The van der Waals surface area contributed by atoms with Crippen molar-refractivity contribution in [3.05, 3.63) is 66.7 Å². The summed E-state index contributed by atoms with van der Waals surface area (Å²) in [5.74, 6) is 0.694. The van der Waals surface area contributed by atoms with Crippen molar-refractivity contribution in [1.82, 2.24) is 10.2 Å². The summed E-state index contributed by atoms with van der Waals surface area (Å²) >= 11 is 0. The zero-order valence-corrected chi connectivity index (χ0v) is 17.3. The van der Waals surface area contributed by atoms with Gasteiger partial charge in [-0.1, -0.05) is 6.08 Å². The Hall–Kier alpha value is -3.32. The van der Waals surface area contributed by atoms with Gasteiger partial charge in [-0.15, -0.1) is 6.58 Å². The number of anilines is 2. The molecule has 1 aliphatic heterocycles. The van der Waals surface area contributed by atoms with Crippen molar-refractivity contribution in [2.45, 2.75) is 0 Å². The van der Waals surface area contributed by atoms with Gasteiger partial charge in [-0.05, 0) is 48.5 Å². The highest BCUT2D eigenvalue weighted by Gasteiger charge is 2.22. The minimum atomic E-state index is -0.0877. The van der Waals surface area contributed by atoms with Gasteiger partial charge in [0.2, 0.25) is 5.91 Å². The smallest absolute Gasteiger partial charge is 0.253 e. The van der Waals surface area contributed by atoms with Gasteiger partial charge >= 0.3 is 0 Å². The van der Waals surface area contributed by atoms with Crippen LogP contribution in [-0.4, -0.2) is 63.1 Å². The second-order valence-electron chi connectivity index (χ2n) is 7.02. The standard InChI is InChI=1S/C23H28N4O3/c1-3-12-24-17-22(28)25-19-6-8-20(9-7-19)26-13-15-27(16-14-26)23(29)18-4-10-21(30-2)11-5-18/h3-11,24H,1,12-17H2,2H3,(H,25,28). The van der Waals surface area contributed by atoms with Crippen molar-refractivity contribution in [3.8, 4) is 5.75 Å². The zero-order valence-electron chi connectivity index (χ0n) is 17.3. The predicted octanol–water partition coefficient (Wildman–Crippen LogP) is 2.37. The molecule has 30 heavy (non-hydrogen) atoms. The number of amides is 2. The Morgan fingerprint density at radius 1 is 1.03 bits per heavy atom. The topological polar surface area (TPSA) is 73.9 Å². The molecule has 0 aliphatic carbocycles. The van der Waals surface area contributed by atoms with Crippen molar-refractivity contribution in [2.24, 2.45) is 0 Å². The van der Waals surface area contributed by atoms with Gasteiger partial charge in [0.25, 0.3) is 5.91 Å². The number of benzene rings is 2. The molecule has 1 heterocycles. The van der Waals surface area contributed by atoms with Crippen LogP contribution in [0.15, 0.2) is 61.2 Å². The van der Waals surface area contributed by atoms with E-state index in [0.717, 1.165) is 30.2 Å². The highest BCUT2D eigenvalue weighted by molar-refractivity contribution is 5.94. The molecule has 1 aliphatic rings. The van der Waals surface area contributed by atoms with Gasteiger partial charge in [-0.25, -0.2) is 0 Å². The summed E-state index contributed by atoms with van der Waals surface area (Å²) in [4.78, 5) is 28.7. The second kappa shape index (κ2) is 10.5.